The van der Waals surface area contributed by atoms with Crippen LogP contribution in [0.3, 0.4) is 0 Å². The largest absolute Gasteiger partial charge is 0.493 e. The summed E-state index contributed by atoms with van der Waals surface area (Å²) < 4.78 is 25.1. The number of hydrogen-bond acceptors (Lipinski definition) is 5. The van der Waals surface area contributed by atoms with E-state index in [1.165, 1.54) is 23.1 Å². The molecule has 0 saturated carbocycles. The van der Waals surface area contributed by atoms with Gasteiger partial charge >= 0.3 is 0 Å². The molecule has 0 saturated heterocycles. The standard InChI is InChI=1S/C30H26BrFN6O3/c1-36(2)29(39)17-37-25-6-4-3-5-18(25)13-27(37)30(40)33-20-8-9-23(32)21(15-20)24-16-38(35-34-24)26-11-12-41-28-10-7-19(31)14-22(26)28/h3-10,13-16,26H,11-12,17H2,1-2H3,(H,33,40)/t26-/m1/s1. The maximum atomic E-state index is 15.0. The molecule has 11 heteroatoms. The van der Waals surface area contributed by atoms with Crippen LogP contribution in [0.5, 0.6) is 5.75 Å². The molecule has 1 aliphatic heterocycles. The molecule has 208 valence electrons. The number of fused-ring (bicyclic) bond motifs is 2. The van der Waals surface area contributed by atoms with E-state index in [2.05, 4.69) is 31.6 Å². The van der Waals surface area contributed by atoms with Gasteiger partial charge in [0, 0.05) is 52.7 Å². The highest BCUT2D eigenvalue weighted by molar-refractivity contribution is 9.10. The number of rotatable bonds is 6. The Labute approximate surface area is 243 Å². The zero-order valence-electron chi connectivity index (χ0n) is 22.3. The summed E-state index contributed by atoms with van der Waals surface area (Å²) in [6.07, 6.45) is 2.39. The van der Waals surface area contributed by atoms with Gasteiger partial charge in [-0.1, -0.05) is 39.3 Å². The summed E-state index contributed by atoms with van der Waals surface area (Å²) in [6, 6.07) is 19.2. The van der Waals surface area contributed by atoms with E-state index < -0.39 is 11.7 Å². The lowest BCUT2D eigenvalue weighted by molar-refractivity contribution is -0.129. The van der Waals surface area contributed by atoms with Crippen molar-refractivity contribution >= 4 is 44.3 Å². The fraction of sp³-hybridized carbons (Fsp3) is 0.200. The van der Waals surface area contributed by atoms with Crippen molar-refractivity contribution in [2.45, 2.75) is 19.0 Å². The van der Waals surface area contributed by atoms with Crippen molar-refractivity contribution in [3.63, 3.8) is 0 Å². The zero-order chi connectivity index (χ0) is 28.7. The van der Waals surface area contributed by atoms with Gasteiger partial charge in [-0.25, -0.2) is 9.07 Å². The minimum absolute atomic E-state index is 0.00689. The summed E-state index contributed by atoms with van der Waals surface area (Å²) in [5, 5.41) is 12.3. The number of likely N-dealkylation sites (N-methyl/N-ethyl adjacent to an activating group) is 1. The first-order chi connectivity index (χ1) is 19.8. The number of nitrogens with zero attached hydrogens (tertiary/aromatic N) is 5. The van der Waals surface area contributed by atoms with E-state index in [0.717, 1.165) is 26.7 Å². The Bertz CT molecular complexity index is 1800. The van der Waals surface area contributed by atoms with Gasteiger partial charge in [0.2, 0.25) is 5.91 Å². The average Bonchev–Trinajstić information content (AvgIpc) is 3.59. The van der Waals surface area contributed by atoms with Crippen LogP contribution in [0.1, 0.15) is 28.5 Å². The third-order valence-corrected chi connectivity index (χ3v) is 7.64. The van der Waals surface area contributed by atoms with E-state index in [1.807, 2.05) is 42.5 Å². The molecule has 1 N–H and O–H groups in total. The van der Waals surface area contributed by atoms with E-state index in [1.54, 1.807) is 35.6 Å². The maximum absolute atomic E-state index is 15.0. The van der Waals surface area contributed by atoms with Gasteiger partial charge in [0.25, 0.3) is 5.91 Å². The van der Waals surface area contributed by atoms with Crippen LogP contribution in [0, 0.1) is 5.82 Å². The quantitative estimate of drug-likeness (QED) is 0.271. The van der Waals surface area contributed by atoms with E-state index in [4.69, 9.17) is 4.74 Å². The number of anilines is 1. The number of amides is 2. The van der Waals surface area contributed by atoms with Crippen molar-refractivity contribution in [1.82, 2.24) is 24.5 Å². The number of ether oxygens (including phenoxy) is 1. The van der Waals surface area contributed by atoms with Crippen LogP contribution in [0.25, 0.3) is 22.2 Å². The zero-order valence-corrected chi connectivity index (χ0v) is 23.9. The summed E-state index contributed by atoms with van der Waals surface area (Å²) >= 11 is 3.51. The van der Waals surface area contributed by atoms with Gasteiger partial charge < -0.3 is 19.5 Å². The second-order valence-corrected chi connectivity index (χ2v) is 10.9. The van der Waals surface area contributed by atoms with Gasteiger partial charge in [0.1, 0.15) is 29.5 Å². The van der Waals surface area contributed by atoms with Crippen molar-refractivity contribution in [3.05, 3.63) is 94.5 Å². The third-order valence-electron chi connectivity index (χ3n) is 7.14. The van der Waals surface area contributed by atoms with Gasteiger partial charge in [-0.15, -0.1) is 5.10 Å². The predicted octanol–water partition coefficient (Wildman–Crippen LogP) is 5.51. The van der Waals surface area contributed by atoms with Crippen LogP contribution in [0.15, 0.2) is 77.4 Å². The Morgan fingerprint density at radius 2 is 1.95 bits per heavy atom. The van der Waals surface area contributed by atoms with Crippen molar-refractivity contribution in [1.29, 1.82) is 0 Å². The fourth-order valence-corrected chi connectivity index (χ4v) is 5.39. The lowest BCUT2D eigenvalue weighted by atomic mass is 10.0. The van der Waals surface area contributed by atoms with Gasteiger partial charge in [0.15, 0.2) is 0 Å². The summed E-state index contributed by atoms with van der Waals surface area (Å²) in [5.74, 6) is -0.275. The van der Waals surface area contributed by atoms with Gasteiger partial charge in [-0.2, -0.15) is 0 Å². The highest BCUT2D eigenvalue weighted by atomic mass is 79.9. The average molecular weight is 617 g/mol. The molecule has 2 aromatic heterocycles. The number of carbonyl (C=O) groups is 2. The molecule has 3 heterocycles. The van der Waals surface area contributed by atoms with Crippen LogP contribution < -0.4 is 10.1 Å². The number of benzene rings is 3. The molecule has 0 radical (unpaired) electrons. The number of halogens is 2. The third kappa shape index (κ3) is 5.20. The Morgan fingerprint density at radius 3 is 2.78 bits per heavy atom. The van der Waals surface area contributed by atoms with Crippen LogP contribution >= 0.6 is 15.9 Å². The topological polar surface area (TPSA) is 94.3 Å². The van der Waals surface area contributed by atoms with Gasteiger partial charge in [-0.05, 0) is 48.5 Å². The minimum Gasteiger partial charge on any atom is -0.493 e. The molecule has 0 spiro atoms. The molecule has 0 unspecified atom stereocenters. The first-order valence-corrected chi connectivity index (χ1v) is 13.8. The van der Waals surface area contributed by atoms with E-state index in [-0.39, 0.29) is 24.1 Å². The SMILES string of the molecule is CN(C)C(=O)Cn1c(C(=O)Nc2ccc(F)c(-c3cn([C@@H]4CCOc5ccc(Br)cc54)nn3)c2)cc2ccccc21. The molecule has 5 aromatic rings. The Kier molecular flexibility index (Phi) is 7.04. The summed E-state index contributed by atoms with van der Waals surface area (Å²) in [6.45, 7) is 0.536. The molecule has 41 heavy (non-hydrogen) atoms. The molecule has 1 aliphatic rings. The number of carbonyl (C=O) groups excluding carboxylic acids is 2. The molecule has 6 rings (SSSR count). The molecule has 0 fully saturated rings. The van der Waals surface area contributed by atoms with Crippen LogP contribution in [0.2, 0.25) is 0 Å². The summed E-state index contributed by atoms with van der Waals surface area (Å²) in [5.41, 5.74) is 2.99. The minimum atomic E-state index is -0.490. The first kappa shape index (κ1) is 26.7. The number of nitrogens with one attached hydrogen (secondary N) is 1. The molecule has 0 aliphatic carbocycles. The molecule has 1 atom stereocenters. The monoisotopic (exact) mass is 616 g/mol. The van der Waals surface area contributed by atoms with Crippen LogP contribution in [-0.2, 0) is 11.3 Å². The Balaban J connectivity index is 1.29. The second-order valence-electron chi connectivity index (χ2n) is 10.0. The number of para-hydroxylation sites is 1. The summed E-state index contributed by atoms with van der Waals surface area (Å²) in [4.78, 5) is 27.5. The van der Waals surface area contributed by atoms with Crippen molar-refractivity contribution in [3.8, 4) is 17.0 Å². The van der Waals surface area contributed by atoms with Crippen molar-refractivity contribution < 1.29 is 18.7 Å². The smallest absolute Gasteiger partial charge is 0.272 e. The molecule has 9 nitrogen and oxygen atoms in total. The second kappa shape index (κ2) is 10.8. The highest BCUT2D eigenvalue weighted by Gasteiger charge is 2.25. The van der Waals surface area contributed by atoms with Gasteiger partial charge in [0.05, 0.1) is 18.8 Å². The molecule has 2 amide bonds. The Morgan fingerprint density at radius 1 is 1.12 bits per heavy atom. The number of aromatic nitrogens is 4. The van der Waals surface area contributed by atoms with E-state index >= 15 is 4.39 Å². The highest BCUT2D eigenvalue weighted by Crippen LogP contribution is 2.37. The lowest BCUT2D eigenvalue weighted by Gasteiger charge is -2.25. The van der Waals surface area contributed by atoms with Crippen LogP contribution in [0.4, 0.5) is 10.1 Å². The van der Waals surface area contributed by atoms with E-state index in [9.17, 15) is 9.59 Å². The summed E-state index contributed by atoms with van der Waals surface area (Å²) in [7, 11) is 3.34. The number of hydrogen-bond donors (Lipinski definition) is 1. The predicted molar refractivity (Wildman–Crippen MR) is 156 cm³/mol. The fourth-order valence-electron chi connectivity index (χ4n) is 5.01. The van der Waals surface area contributed by atoms with E-state index in [0.29, 0.717) is 30.1 Å². The van der Waals surface area contributed by atoms with Crippen LogP contribution in [-0.4, -0.2) is 57.0 Å². The maximum Gasteiger partial charge on any atom is 0.272 e. The first-order valence-electron chi connectivity index (χ1n) is 13.0. The Hall–Kier alpha value is -4.51. The normalized spacial score (nSPS) is 14.4. The van der Waals surface area contributed by atoms with Gasteiger partial charge in [-0.3, -0.25) is 9.59 Å². The molecular formula is C30H26BrFN6O3. The van der Waals surface area contributed by atoms with Crippen molar-refractivity contribution in [2.24, 2.45) is 0 Å². The molecule has 0 bridgehead atoms. The lowest BCUT2D eigenvalue weighted by Crippen LogP contribution is -2.28. The molecular weight excluding hydrogens is 591 g/mol. The van der Waals surface area contributed by atoms with Crippen molar-refractivity contribution in [2.75, 3.05) is 26.0 Å². The molecule has 3 aromatic carbocycles.